The molecule has 0 aromatic rings. The number of rotatable bonds is 5. The zero-order valence-electron chi connectivity index (χ0n) is 24.5. The SMILES string of the molecule is COC(=O)C1C(O[C@H]2C=C3C[C@@H](OC(C)=O)CC[C@]3(C)C3CC[C@@]4(C)C(CC[C@@H]4OC(C)=O)C32)OC(O)C(O)C1O. The summed E-state index contributed by atoms with van der Waals surface area (Å²) < 4.78 is 28.5. The molecular formula is C30H44O11. The zero-order valence-corrected chi connectivity index (χ0v) is 24.5. The Labute approximate surface area is 240 Å². The predicted octanol–water partition coefficient (Wildman–Crippen LogP) is 1.99. The second kappa shape index (κ2) is 11.2. The van der Waals surface area contributed by atoms with E-state index in [-0.39, 0.29) is 52.7 Å². The minimum atomic E-state index is -1.76. The fourth-order valence-electron chi connectivity index (χ4n) is 8.90. The van der Waals surface area contributed by atoms with Crippen LogP contribution >= 0.6 is 0 Å². The van der Waals surface area contributed by atoms with Gasteiger partial charge < -0.3 is 39.0 Å². The minimum Gasteiger partial charge on any atom is -0.469 e. The first kappa shape index (κ1) is 30.4. The summed E-state index contributed by atoms with van der Waals surface area (Å²) in [6.45, 7) is 7.30. The summed E-state index contributed by atoms with van der Waals surface area (Å²) in [5.74, 6) is -2.53. The van der Waals surface area contributed by atoms with Crippen molar-refractivity contribution in [2.45, 2.75) is 116 Å². The number of aliphatic hydroxyl groups is 3. The highest BCUT2D eigenvalue weighted by Gasteiger charge is 2.63. The highest BCUT2D eigenvalue weighted by atomic mass is 16.7. The predicted molar refractivity (Wildman–Crippen MR) is 141 cm³/mol. The first-order valence-corrected chi connectivity index (χ1v) is 14.8. The molecular weight excluding hydrogens is 536 g/mol. The largest absolute Gasteiger partial charge is 0.469 e. The Balaban J connectivity index is 1.53. The monoisotopic (exact) mass is 580 g/mol. The summed E-state index contributed by atoms with van der Waals surface area (Å²) >= 11 is 0. The van der Waals surface area contributed by atoms with E-state index in [9.17, 15) is 29.7 Å². The van der Waals surface area contributed by atoms with Gasteiger partial charge in [-0.1, -0.05) is 25.5 Å². The zero-order chi connectivity index (χ0) is 29.9. The number of ether oxygens (including phenoxy) is 5. The van der Waals surface area contributed by atoms with Crippen molar-refractivity contribution in [2.24, 2.45) is 34.5 Å². The molecule has 0 radical (unpaired) electrons. The van der Waals surface area contributed by atoms with E-state index in [1.165, 1.54) is 21.0 Å². The van der Waals surface area contributed by atoms with Crippen LogP contribution in [0.5, 0.6) is 0 Å². The van der Waals surface area contributed by atoms with E-state index < -0.39 is 42.8 Å². The molecule has 8 unspecified atom stereocenters. The van der Waals surface area contributed by atoms with Gasteiger partial charge in [0.05, 0.1) is 13.2 Å². The Kier molecular flexibility index (Phi) is 8.32. The fraction of sp³-hybridized carbons (Fsp3) is 0.833. The maximum absolute atomic E-state index is 12.7. The van der Waals surface area contributed by atoms with E-state index in [1.54, 1.807) is 0 Å². The Hall–Kier alpha value is -2.05. The van der Waals surface area contributed by atoms with Gasteiger partial charge in [-0.2, -0.15) is 0 Å². The summed E-state index contributed by atoms with van der Waals surface area (Å²) in [6, 6.07) is 0. The van der Waals surface area contributed by atoms with E-state index >= 15 is 0 Å². The van der Waals surface area contributed by atoms with Crippen molar-refractivity contribution in [3.05, 3.63) is 11.6 Å². The average Bonchev–Trinajstić information content (AvgIpc) is 3.22. The van der Waals surface area contributed by atoms with Crippen LogP contribution in [0.3, 0.4) is 0 Å². The van der Waals surface area contributed by atoms with Crippen LogP contribution in [0.25, 0.3) is 0 Å². The van der Waals surface area contributed by atoms with E-state index in [4.69, 9.17) is 23.7 Å². The fourth-order valence-corrected chi connectivity index (χ4v) is 8.90. The standard InChI is InChI=1S/C30H44O11/c1-14(31)38-17-8-10-29(3)16(12-17)13-20(40-28-23(26(35)37-5)24(33)25(34)27(36)41-28)22-18-6-7-21(39-15(2)32)30(18,4)11-9-19(22)29/h13,17-25,27-28,33-34,36H,6-12H2,1-5H3/t17-,18?,19?,20-,21-,22?,23?,24?,25?,27?,28?,29-,30-/m0/s1. The third-order valence-electron chi connectivity index (χ3n) is 11.0. The molecule has 0 bridgehead atoms. The van der Waals surface area contributed by atoms with Gasteiger partial charge in [0.1, 0.15) is 30.3 Å². The van der Waals surface area contributed by atoms with Crippen molar-refractivity contribution in [3.63, 3.8) is 0 Å². The number of esters is 3. The van der Waals surface area contributed by atoms with Crippen molar-refractivity contribution in [3.8, 4) is 0 Å². The van der Waals surface area contributed by atoms with Crippen LogP contribution in [-0.4, -0.2) is 83.4 Å². The van der Waals surface area contributed by atoms with E-state index in [1.807, 2.05) is 0 Å². The quantitative estimate of drug-likeness (QED) is 0.248. The maximum atomic E-state index is 12.7. The normalized spacial score (nSPS) is 47.2. The van der Waals surface area contributed by atoms with Gasteiger partial charge in [0, 0.05) is 25.7 Å². The molecule has 41 heavy (non-hydrogen) atoms. The van der Waals surface area contributed by atoms with Gasteiger partial charge >= 0.3 is 17.9 Å². The minimum absolute atomic E-state index is 0.0311. The lowest BCUT2D eigenvalue weighted by Gasteiger charge is -2.59. The van der Waals surface area contributed by atoms with Crippen LogP contribution in [-0.2, 0) is 38.1 Å². The highest BCUT2D eigenvalue weighted by molar-refractivity contribution is 5.73. The molecule has 11 heteroatoms. The Morgan fingerprint density at radius 1 is 0.927 bits per heavy atom. The molecule has 0 amide bonds. The number of hydrogen-bond acceptors (Lipinski definition) is 11. The first-order valence-electron chi connectivity index (χ1n) is 14.8. The van der Waals surface area contributed by atoms with E-state index in [0.29, 0.717) is 6.42 Å². The Morgan fingerprint density at radius 2 is 1.63 bits per heavy atom. The number of methoxy groups -OCH3 is 1. The van der Waals surface area contributed by atoms with Crippen molar-refractivity contribution in [2.75, 3.05) is 7.11 Å². The molecule has 4 aliphatic carbocycles. The van der Waals surface area contributed by atoms with Crippen LogP contribution < -0.4 is 0 Å². The molecule has 1 aliphatic heterocycles. The number of carbonyl (C=O) groups excluding carboxylic acids is 3. The van der Waals surface area contributed by atoms with Gasteiger partial charge in [-0.15, -0.1) is 0 Å². The molecule has 230 valence electrons. The lowest BCUT2D eigenvalue weighted by Crippen LogP contribution is -2.60. The Bertz CT molecular complexity index is 1070. The molecule has 0 aromatic heterocycles. The first-order chi connectivity index (χ1) is 19.3. The molecule has 11 nitrogen and oxygen atoms in total. The van der Waals surface area contributed by atoms with Crippen molar-refractivity contribution >= 4 is 17.9 Å². The van der Waals surface area contributed by atoms with E-state index in [0.717, 1.165) is 44.1 Å². The summed E-state index contributed by atoms with van der Waals surface area (Å²) in [5, 5.41) is 31.3. The number of fused-ring (bicyclic) bond motifs is 5. The van der Waals surface area contributed by atoms with Crippen molar-refractivity contribution in [1.29, 1.82) is 0 Å². The summed E-state index contributed by atoms with van der Waals surface area (Å²) in [5.41, 5.74) is 0.688. The molecule has 13 atom stereocenters. The molecule has 1 heterocycles. The topological polar surface area (TPSA) is 158 Å². The average molecular weight is 581 g/mol. The number of aliphatic hydroxyl groups excluding tert-OH is 3. The van der Waals surface area contributed by atoms with Crippen LogP contribution in [0.15, 0.2) is 11.6 Å². The molecule has 3 N–H and O–H groups in total. The smallest absolute Gasteiger partial charge is 0.316 e. The van der Waals surface area contributed by atoms with Crippen molar-refractivity contribution < 1.29 is 53.4 Å². The van der Waals surface area contributed by atoms with Crippen LogP contribution in [0.4, 0.5) is 0 Å². The molecule has 4 fully saturated rings. The van der Waals surface area contributed by atoms with Gasteiger partial charge in [0.2, 0.25) is 0 Å². The second-order valence-electron chi connectivity index (χ2n) is 13.1. The van der Waals surface area contributed by atoms with E-state index in [2.05, 4.69) is 19.9 Å². The lowest BCUT2D eigenvalue weighted by atomic mass is 9.47. The molecule has 3 saturated carbocycles. The summed E-state index contributed by atoms with van der Waals surface area (Å²) in [6.07, 6.45) is 0.0151. The third-order valence-corrected chi connectivity index (χ3v) is 11.0. The van der Waals surface area contributed by atoms with Gasteiger partial charge in [-0.3, -0.25) is 14.4 Å². The molecule has 5 rings (SSSR count). The second-order valence-corrected chi connectivity index (χ2v) is 13.1. The third kappa shape index (κ3) is 5.22. The number of hydrogen-bond donors (Lipinski definition) is 3. The summed E-state index contributed by atoms with van der Waals surface area (Å²) in [4.78, 5) is 36.4. The Morgan fingerprint density at radius 3 is 2.29 bits per heavy atom. The van der Waals surface area contributed by atoms with Gasteiger partial charge in [-0.25, -0.2) is 0 Å². The highest BCUT2D eigenvalue weighted by Crippen LogP contribution is 2.66. The van der Waals surface area contributed by atoms with Gasteiger partial charge in [0.25, 0.3) is 0 Å². The molecule has 5 aliphatic rings. The van der Waals surface area contributed by atoms with Crippen molar-refractivity contribution in [1.82, 2.24) is 0 Å². The lowest BCUT2D eigenvalue weighted by molar-refractivity contribution is -0.337. The molecule has 1 saturated heterocycles. The van der Waals surface area contributed by atoms with Gasteiger partial charge in [-0.05, 0) is 61.7 Å². The van der Waals surface area contributed by atoms with Crippen LogP contribution in [0, 0.1) is 34.5 Å². The summed E-state index contributed by atoms with van der Waals surface area (Å²) in [7, 11) is 1.17. The van der Waals surface area contributed by atoms with Crippen LogP contribution in [0.2, 0.25) is 0 Å². The molecule has 0 spiro atoms. The van der Waals surface area contributed by atoms with Crippen LogP contribution in [0.1, 0.15) is 72.6 Å². The maximum Gasteiger partial charge on any atom is 0.316 e. The van der Waals surface area contributed by atoms with Gasteiger partial charge in [0.15, 0.2) is 12.6 Å². The number of carbonyl (C=O) groups is 3. The molecule has 0 aromatic carbocycles.